The molecule has 14 heavy (non-hydrogen) atoms. The van der Waals surface area contributed by atoms with E-state index in [1.165, 1.54) is 5.57 Å². The number of rotatable bonds is 1. The largest absolute Gasteiger partial charge is 0.361 e. The molecule has 0 saturated heterocycles. The Morgan fingerprint density at radius 2 is 2.07 bits per heavy atom. The first-order chi connectivity index (χ1) is 6.70. The highest BCUT2D eigenvalue weighted by Gasteiger charge is 2.17. The van der Waals surface area contributed by atoms with Crippen LogP contribution in [0.1, 0.15) is 30.4 Å². The van der Waals surface area contributed by atoms with Crippen molar-refractivity contribution in [2.45, 2.75) is 27.2 Å². The van der Waals surface area contributed by atoms with Gasteiger partial charge in [0.25, 0.3) is 0 Å². The van der Waals surface area contributed by atoms with Crippen LogP contribution in [0.5, 0.6) is 0 Å². The maximum Gasteiger partial charge on any atom is 0.141 e. The Bertz CT molecular complexity index is 393. The molecule has 1 aromatic heterocycles. The molecule has 2 heterocycles. The van der Waals surface area contributed by atoms with Crippen LogP contribution in [0.25, 0.3) is 5.57 Å². The minimum absolute atomic E-state index is 0.880. The van der Waals surface area contributed by atoms with Gasteiger partial charge in [0, 0.05) is 23.4 Å². The summed E-state index contributed by atoms with van der Waals surface area (Å²) in [5, 5.41) is 3.95. The quantitative estimate of drug-likeness (QED) is 0.682. The summed E-state index contributed by atoms with van der Waals surface area (Å²) in [5.41, 5.74) is 4.34. The van der Waals surface area contributed by atoms with E-state index in [9.17, 15) is 0 Å². The summed E-state index contributed by atoms with van der Waals surface area (Å²) >= 11 is 0. The van der Waals surface area contributed by atoms with Crippen molar-refractivity contribution in [3.63, 3.8) is 0 Å². The molecule has 3 nitrogen and oxygen atoms in total. The van der Waals surface area contributed by atoms with Crippen LogP contribution in [0.2, 0.25) is 0 Å². The van der Waals surface area contributed by atoms with Crippen molar-refractivity contribution >= 4 is 11.3 Å². The van der Waals surface area contributed by atoms with E-state index < -0.39 is 0 Å². The number of aryl methyl sites for hydroxylation is 2. The average molecular weight is 190 g/mol. The summed E-state index contributed by atoms with van der Waals surface area (Å²) in [6.07, 6.45) is 3.23. The predicted octanol–water partition coefficient (Wildman–Crippen LogP) is 2.54. The van der Waals surface area contributed by atoms with Crippen molar-refractivity contribution in [1.82, 2.24) is 5.16 Å². The molecule has 0 aliphatic carbocycles. The number of nitrogens with zero attached hydrogens (tertiary/aromatic N) is 2. The first-order valence-electron chi connectivity index (χ1n) is 4.85. The van der Waals surface area contributed by atoms with E-state index in [-0.39, 0.29) is 0 Å². The molecule has 74 valence electrons. The fourth-order valence-corrected chi connectivity index (χ4v) is 1.82. The number of aliphatic imine (C=N–C) groups is 1. The zero-order chi connectivity index (χ0) is 10.1. The lowest BCUT2D eigenvalue weighted by Crippen LogP contribution is -2.04. The molecule has 1 aromatic rings. The Hall–Kier alpha value is -1.38. The van der Waals surface area contributed by atoms with Gasteiger partial charge in [0.15, 0.2) is 0 Å². The van der Waals surface area contributed by atoms with Crippen LogP contribution in [0.4, 0.5) is 0 Å². The average Bonchev–Trinajstić information content (AvgIpc) is 2.48. The monoisotopic (exact) mass is 190 g/mol. The van der Waals surface area contributed by atoms with E-state index in [1.54, 1.807) is 0 Å². The van der Waals surface area contributed by atoms with Gasteiger partial charge in [-0.15, -0.1) is 0 Å². The Morgan fingerprint density at radius 3 is 2.64 bits per heavy atom. The topological polar surface area (TPSA) is 38.4 Å². The summed E-state index contributed by atoms with van der Waals surface area (Å²) in [7, 11) is 0. The Labute approximate surface area is 83.5 Å². The molecule has 0 atom stereocenters. The molecule has 1 aliphatic rings. The lowest BCUT2D eigenvalue weighted by molar-refractivity contribution is 0.393. The van der Waals surface area contributed by atoms with Crippen molar-refractivity contribution in [1.29, 1.82) is 0 Å². The van der Waals surface area contributed by atoms with Gasteiger partial charge in [-0.2, -0.15) is 0 Å². The van der Waals surface area contributed by atoms with Crippen LogP contribution < -0.4 is 0 Å². The van der Waals surface area contributed by atoms with Crippen LogP contribution in [-0.2, 0) is 0 Å². The Balaban J connectivity index is 2.49. The van der Waals surface area contributed by atoms with Crippen LogP contribution in [0.3, 0.4) is 0 Å². The normalized spacial score (nSPS) is 16.5. The highest BCUT2D eigenvalue weighted by Crippen LogP contribution is 2.26. The minimum atomic E-state index is 0.880. The molecular weight excluding hydrogens is 176 g/mol. The van der Waals surface area contributed by atoms with Crippen LogP contribution in [0.15, 0.2) is 15.6 Å². The second-order valence-corrected chi connectivity index (χ2v) is 3.57. The molecule has 0 fully saturated rings. The van der Waals surface area contributed by atoms with Gasteiger partial charge in [0.2, 0.25) is 0 Å². The summed E-state index contributed by atoms with van der Waals surface area (Å²) in [6.45, 7) is 6.85. The number of hydrogen-bond donors (Lipinski definition) is 0. The van der Waals surface area contributed by atoms with E-state index >= 15 is 0 Å². The molecule has 1 aliphatic heterocycles. The van der Waals surface area contributed by atoms with E-state index in [0.29, 0.717) is 0 Å². The zero-order valence-corrected chi connectivity index (χ0v) is 8.79. The molecule has 0 radical (unpaired) electrons. The molecule has 2 rings (SSSR count). The standard InChI is InChI=1S/C11H14N2O/c1-7-10(5-4-6-12-7)11-8(2)13-14-9(11)3/h5H,4,6H2,1-3H3. The first-order valence-corrected chi connectivity index (χ1v) is 4.85. The van der Waals surface area contributed by atoms with Gasteiger partial charge in [0.05, 0.1) is 5.69 Å². The smallest absolute Gasteiger partial charge is 0.141 e. The van der Waals surface area contributed by atoms with Gasteiger partial charge >= 0.3 is 0 Å². The van der Waals surface area contributed by atoms with Gasteiger partial charge in [-0.1, -0.05) is 11.2 Å². The summed E-state index contributed by atoms with van der Waals surface area (Å²) in [6, 6.07) is 0. The third-order valence-corrected chi connectivity index (χ3v) is 2.52. The fraction of sp³-hybridized carbons (Fsp3) is 0.455. The van der Waals surface area contributed by atoms with Crippen molar-refractivity contribution in [3.8, 4) is 0 Å². The van der Waals surface area contributed by atoms with Gasteiger partial charge < -0.3 is 4.52 Å². The van der Waals surface area contributed by atoms with Crippen LogP contribution >= 0.6 is 0 Å². The second kappa shape index (κ2) is 3.40. The highest BCUT2D eigenvalue weighted by atomic mass is 16.5. The molecule has 0 bridgehead atoms. The SMILES string of the molecule is CC1=NCCC=C1c1c(C)noc1C. The number of allylic oxidation sites excluding steroid dienone is 1. The van der Waals surface area contributed by atoms with Crippen LogP contribution in [0, 0.1) is 13.8 Å². The zero-order valence-electron chi connectivity index (χ0n) is 8.79. The van der Waals surface area contributed by atoms with E-state index in [4.69, 9.17) is 4.52 Å². The predicted molar refractivity (Wildman–Crippen MR) is 56.5 cm³/mol. The molecule has 0 aromatic carbocycles. The van der Waals surface area contributed by atoms with Gasteiger partial charge in [-0.05, 0) is 27.2 Å². The lowest BCUT2D eigenvalue weighted by atomic mass is 9.97. The third-order valence-electron chi connectivity index (χ3n) is 2.52. The van der Waals surface area contributed by atoms with Crippen molar-refractivity contribution in [2.75, 3.05) is 6.54 Å². The number of hydrogen-bond acceptors (Lipinski definition) is 3. The third kappa shape index (κ3) is 1.39. The maximum absolute atomic E-state index is 5.15. The van der Waals surface area contributed by atoms with Crippen molar-refractivity contribution in [2.24, 2.45) is 4.99 Å². The molecule has 0 saturated carbocycles. The van der Waals surface area contributed by atoms with E-state index in [0.717, 1.165) is 35.7 Å². The first kappa shape index (κ1) is 9.19. The molecule has 0 unspecified atom stereocenters. The maximum atomic E-state index is 5.15. The summed E-state index contributed by atoms with van der Waals surface area (Å²) in [4.78, 5) is 4.43. The molecule has 3 heteroatoms. The minimum Gasteiger partial charge on any atom is -0.361 e. The Kier molecular flexibility index (Phi) is 2.23. The second-order valence-electron chi connectivity index (χ2n) is 3.57. The number of aromatic nitrogens is 1. The molecular formula is C11H14N2O. The van der Waals surface area contributed by atoms with Gasteiger partial charge in [0.1, 0.15) is 5.76 Å². The van der Waals surface area contributed by atoms with Crippen LogP contribution in [-0.4, -0.2) is 17.4 Å². The molecule has 0 spiro atoms. The van der Waals surface area contributed by atoms with Crippen molar-refractivity contribution in [3.05, 3.63) is 23.1 Å². The fourth-order valence-electron chi connectivity index (χ4n) is 1.82. The molecule has 0 N–H and O–H groups in total. The van der Waals surface area contributed by atoms with E-state index in [2.05, 4.69) is 16.2 Å². The Morgan fingerprint density at radius 1 is 1.29 bits per heavy atom. The molecule has 0 amide bonds. The lowest BCUT2D eigenvalue weighted by Gasteiger charge is -2.11. The number of dihydropyridines is 1. The highest BCUT2D eigenvalue weighted by molar-refractivity contribution is 6.23. The summed E-state index contributed by atoms with van der Waals surface area (Å²) < 4.78 is 5.15. The van der Waals surface area contributed by atoms with Crippen molar-refractivity contribution < 1.29 is 4.52 Å². The van der Waals surface area contributed by atoms with E-state index in [1.807, 2.05) is 20.8 Å². The van der Waals surface area contributed by atoms with Gasteiger partial charge in [-0.3, -0.25) is 4.99 Å². The summed E-state index contributed by atoms with van der Waals surface area (Å²) in [5.74, 6) is 0.880. The van der Waals surface area contributed by atoms with Gasteiger partial charge in [-0.25, -0.2) is 0 Å².